The predicted octanol–water partition coefficient (Wildman–Crippen LogP) is 1.54. The van der Waals surface area contributed by atoms with Gasteiger partial charge < -0.3 is 5.21 Å². The maximum absolute atomic E-state index is 12.0. The number of benzene rings is 1. The molecule has 17 heavy (non-hydrogen) atoms. The summed E-state index contributed by atoms with van der Waals surface area (Å²) in [4.78, 5) is 19.5. The number of Topliss-reactive ketones (excluding diaryl/α,β-unsaturated/α-hetero) is 1. The molecule has 2 rings (SSSR count). The summed E-state index contributed by atoms with van der Waals surface area (Å²) in [7, 11) is 0. The Morgan fingerprint density at radius 2 is 1.94 bits per heavy atom. The van der Waals surface area contributed by atoms with E-state index < -0.39 is 5.78 Å². The molecular weight excluding hydrogens is 218 g/mol. The van der Waals surface area contributed by atoms with Crippen molar-refractivity contribution in [1.82, 2.24) is 9.97 Å². The average molecular weight is 227 g/mol. The van der Waals surface area contributed by atoms with Crippen LogP contribution in [0, 0.1) is 0 Å². The third kappa shape index (κ3) is 2.34. The van der Waals surface area contributed by atoms with Crippen LogP contribution in [0.3, 0.4) is 0 Å². The van der Waals surface area contributed by atoms with E-state index in [4.69, 9.17) is 5.21 Å². The SMILES string of the molecule is O=C(C(=NO)c1ccccc1)c1ccncn1. The van der Waals surface area contributed by atoms with Gasteiger partial charge in [0.2, 0.25) is 5.78 Å². The van der Waals surface area contributed by atoms with Crippen LogP contribution < -0.4 is 0 Å². The van der Waals surface area contributed by atoms with Crippen molar-refractivity contribution in [1.29, 1.82) is 0 Å². The van der Waals surface area contributed by atoms with Gasteiger partial charge in [-0.3, -0.25) is 4.79 Å². The van der Waals surface area contributed by atoms with Gasteiger partial charge in [0.05, 0.1) is 0 Å². The van der Waals surface area contributed by atoms with Crippen LogP contribution in [0.25, 0.3) is 0 Å². The lowest BCUT2D eigenvalue weighted by Crippen LogP contribution is -2.17. The molecule has 0 amide bonds. The fourth-order valence-electron chi connectivity index (χ4n) is 1.38. The van der Waals surface area contributed by atoms with Gasteiger partial charge in [0.1, 0.15) is 12.0 Å². The number of hydrogen-bond acceptors (Lipinski definition) is 5. The Labute approximate surface area is 97.5 Å². The van der Waals surface area contributed by atoms with Crippen molar-refractivity contribution in [2.24, 2.45) is 5.16 Å². The standard InChI is InChI=1S/C12H9N3O2/c16-12(10-6-7-13-8-14-10)11(15-17)9-4-2-1-3-5-9/h1-8,17H. The quantitative estimate of drug-likeness (QED) is 0.373. The van der Waals surface area contributed by atoms with Crippen LogP contribution in [0.15, 0.2) is 54.1 Å². The Hall–Kier alpha value is -2.56. The lowest BCUT2D eigenvalue weighted by Gasteiger charge is -2.02. The molecule has 84 valence electrons. The molecule has 0 fully saturated rings. The smallest absolute Gasteiger partial charge is 0.233 e. The zero-order valence-electron chi connectivity index (χ0n) is 8.82. The highest BCUT2D eigenvalue weighted by molar-refractivity contribution is 6.50. The van der Waals surface area contributed by atoms with Crippen molar-refractivity contribution in [2.45, 2.75) is 0 Å². The summed E-state index contributed by atoms with van der Waals surface area (Å²) in [6.45, 7) is 0. The molecule has 1 aromatic heterocycles. The molecule has 1 aromatic carbocycles. The van der Waals surface area contributed by atoms with E-state index in [-0.39, 0.29) is 11.4 Å². The third-order valence-corrected chi connectivity index (χ3v) is 2.18. The summed E-state index contributed by atoms with van der Waals surface area (Å²) in [6, 6.07) is 10.2. The number of rotatable bonds is 3. The van der Waals surface area contributed by atoms with Gasteiger partial charge >= 0.3 is 0 Å². The first-order chi connectivity index (χ1) is 8.33. The second-order valence-corrected chi connectivity index (χ2v) is 3.24. The van der Waals surface area contributed by atoms with Crippen LogP contribution >= 0.6 is 0 Å². The molecule has 0 spiro atoms. The summed E-state index contributed by atoms with van der Waals surface area (Å²) in [5, 5.41) is 12.0. The zero-order valence-corrected chi connectivity index (χ0v) is 8.82. The normalized spacial score (nSPS) is 11.2. The minimum absolute atomic E-state index is 0.0377. The van der Waals surface area contributed by atoms with Gasteiger partial charge in [0.15, 0.2) is 5.71 Å². The molecule has 0 saturated heterocycles. The lowest BCUT2D eigenvalue weighted by molar-refractivity contribution is 0.105. The molecule has 0 unspecified atom stereocenters. The fraction of sp³-hybridized carbons (Fsp3) is 0. The first kappa shape index (κ1) is 10.9. The number of nitrogens with zero attached hydrogens (tertiary/aromatic N) is 3. The van der Waals surface area contributed by atoms with E-state index >= 15 is 0 Å². The van der Waals surface area contributed by atoms with Crippen molar-refractivity contribution in [3.8, 4) is 0 Å². The van der Waals surface area contributed by atoms with E-state index in [1.54, 1.807) is 24.3 Å². The molecule has 2 aromatic rings. The molecule has 0 radical (unpaired) electrons. The number of aromatic nitrogens is 2. The highest BCUT2D eigenvalue weighted by Crippen LogP contribution is 2.06. The largest absolute Gasteiger partial charge is 0.410 e. The van der Waals surface area contributed by atoms with Gasteiger partial charge in [-0.2, -0.15) is 0 Å². The van der Waals surface area contributed by atoms with Crippen molar-refractivity contribution >= 4 is 11.5 Å². The molecule has 0 aliphatic rings. The summed E-state index contributed by atoms with van der Waals surface area (Å²) in [5.74, 6) is -0.443. The van der Waals surface area contributed by atoms with Gasteiger partial charge in [-0.1, -0.05) is 35.5 Å². The number of carbonyl (C=O) groups is 1. The van der Waals surface area contributed by atoms with Gasteiger partial charge in [-0.15, -0.1) is 0 Å². The highest BCUT2D eigenvalue weighted by atomic mass is 16.4. The topological polar surface area (TPSA) is 75.4 Å². The van der Waals surface area contributed by atoms with Crippen molar-refractivity contribution in [3.63, 3.8) is 0 Å². The molecule has 0 aliphatic heterocycles. The van der Waals surface area contributed by atoms with Crippen LogP contribution in [-0.2, 0) is 0 Å². The molecule has 1 heterocycles. The molecular formula is C12H9N3O2. The average Bonchev–Trinajstić information content (AvgIpc) is 2.42. The van der Waals surface area contributed by atoms with Crippen LogP contribution in [-0.4, -0.2) is 26.7 Å². The highest BCUT2D eigenvalue weighted by Gasteiger charge is 2.17. The summed E-state index contributed by atoms with van der Waals surface area (Å²) in [6.07, 6.45) is 2.73. The Bertz CT molecular complexity index is 538. The maximum Gasteiger partial charge on any atom is 0.233 e. The Balaban J connectivity index is 2.37. The monoisotopic (exact) mass is 227 g/mol. The van der Waals surface area contributed by atoms with Gasteiger partial charge in [0, 0.05) is 11.8 Å². The lowest BCUT2D eigenvalue weighted by atomic mass is 10.0. The number of ketones is 1. The Morgan fingerprint density at radius 1 is 1.18 bits per heavy atom. The van der Waals surface area contributed by atoms with E-state index in [1.807, 2.05) is 6.07 Å². The van der Waals surface area contributed by atoms with Crippen LogP contribution in [0.5, 0.6) is 0 Å². The second-order valence-electron chi connectivity index (χ2n) is 3.24. The van der Waals surface area contributed by atoms with E-state index in [9.17, 15) is 4.79 Å². The molecule has 0 bridgehead atoms. The molecule has 0 saturated carbocycles. The van der Waals surface area contributed by atoms with E-state index in [0.717, 1.165) is 0 Å². The van der Waals surface area contributed by atoms with Gasteiger partial charge in [-0.25, -0.2) is 9.97 Å². The zero-order chi connectivity index (χ0) is 12.1. The van der Waals surface area contributed by atoms with Gasteiger partial charge in [-0.05, 0) is 6.07 Å². The molecule has 0 atom stereocenters. The molecule has 0 aliphatic carbocycles. The molecule has 1 N–H and O–H groups in total. The first-order valence-electron chi connectivity index (χ1n) is 4.91. The van der Waals surface area contributed by atoms with Crippen molar-refractivity contribution in [3.05, 3.63) is 60.2 Å². The van der Waals surface area contributed by atoms with Crippen molar-refractivity contribution in [2.75, 3.05) is 0 Å². The van der Waals surface area contributed by atoms with Crippen LogP contribution in [0.2, 0.25) is 0 Å². The summed E-state index contributed by atoms with van der Waals surface area (Å²) >= 11 is 0. The van der Waals surface area contributed by atoms with Crippen LogP contribution in [0.1, 0.15) is 16.1 Å². The van der Waals surface area contributed by atoms with E-state index in [0.29, 0.717) is 5.56 Å². The Morgan fingerprint density at radius 3 is 2.53 bits per heavy atom. The molecule has 5 nitrogen and oxygen atoms in total. The molecule has 5 heteroatoms. The minimum Gasteiger partial charge on any atom is -0.410 e. The summed E-state index contributed by atoms with van der Waals surface area (Å²) < 4.78 is 0. The number of oxime groups is 1. The van der Waals surface area contributed by atoms with Gasteiger partial charge in [0.25, 0.3) is 0 Å². The fourth-order valence-corrected chi connectivity index (χ4v) is 1.38. The summed E-state index contributed by atoms with van der Waals surface area (Å²) in [5.41, 5.74) is 0.694. The second kappa shape index (κ2) is 4.98. The maximum atomic E-state index is 12.0. The number of carbonyl (C=O) groups excluding carboxylic acids is 1. The third-order valence-electron chi connectivity index (χ3n) is 2.18. The van der Waals surface area contributed by atoms with E-state index in [2.05, 4.69) is 15.1 Å². The first-order valence-corrected chi connectivity index (χ1v) is 4.91. The van der Waals surface area contributed by atoms with E-state index in [1.165, 1.54) is 18.6 Å². The Kier molecular flexibility index (Phi) is 3.20. The minimum atomic E-state index is -0.443. The number of hydrogen-bond donors (Lipinski definition) is 1. The van der Waals surface area contributed by atoms with Crippen LogP contribution in [0.4, 0.5) is 0 Å². The predicted molar refractivity (Wildman–Crippen MR) is 61.1 cm³/mol. The van der Waals surface area contributed by atoms with Crippen molar-refractivity contribution < 1.29 is 10.0 Å².